The van der Waals surface area contributed by atoms with E-state index in [9.17, 15) is 0 Å². The minimum Gasteiger partial charge on any atom is -0.400 e. The van der Waals surface area contributed by atoms with E-state index in [0.29, 0.717) is 0 Å². The Labute approximate surface area is 140 Å². The van der Waals surface area contributed by atoms with Gasteiger partial charge in [-0.15, -0.1) is 0 Å². The number of benzene rings is 3. The Morgan fingerprint density at radius 3 is 1.57 bits per heavy atom. The maximum Gasteiger partial charge on any atom is 0.283 e. The van der Waals surface area contributed by atoms with Gasteiger partial charge in [0.1, 0.15) is 0 Å². The molecular weight excluding hydrogens is 296 g/mol. The summed E-state index contributed by atoms with van der Waals surface area (Å²) in [5, 5.41) is 2.58. The van der Waals surface area contributed by atoms with Crippen LogP contribution in [-0.2, 0) is 4.43 Å². The average Bonchev–Trinajstić information content (AvgIpc) is 2.65. The van der Waals surface area contributed by atoms with Crippen LogP contribution in [0.2, 0.25) is 0 Å². The fourth-order valence-corrected chi connectivity index (χ4v) is 4.86. The summed E-state index contributed by atoms with van der Waals surface area (Å²) in [6.45, 7) is 2.19. The molecule has 0 spiro atoms. The van der Waals surface area contributed by atoms with E-state index in [0.717, 1.165) is 6.42 Å². The normalized spacial score (nSPS) is 12.3. The van der Waals surface area contributed by atoms with Crippen LogP contribution in [-0.4, -0.2) is 9.04 Å². The minimum absolute atomic E-state index is 0.130. The highest BCUT2D eigenvalue weighted by atomic mass is 28.3. The molecule has 115 valence electrons. The fraction of sp³-hybridized carbons (Fsp3) is 0.143. The van der Waals surface area contributed by atoms with Gasteiger partial charge in [0.15, 0.2) is 0 Å². The van der Waals surface area contributed by atoms with E-state index < -0.39 is 9.04 Å². The Kier molecular flexibility index (Phi) is 5.40. The maximum absolute atomic E-state index is 6.66. The zero-order chi connectivity index (χ0) is 15.9. The van der Waals surface area contributed by atoms with E-state index in [1.807, 2.05) is 0 Å². The zero-order valence-corrected chi connectivity index (χ0v) is 14.4. The molecule has 3 aromatic carbocycles. The lowest BCUT2D eigenvalue weighted by atomic mass is 10.1. The summed E-state index contributed by atoms with van der Waals surface area (Å²) >= 11 is 0. The molecule has 0 saturated heterocycles. The van der Waals surface area contributed by atoms with Gasteiger partial charge in [-0.3, -0.25) is 0 Å². The summed E-state index contributed by atoms with van der Waals surface area (Å²) in [5.41, 5.74) is 1.25. The summed E-state index contributed by atoms with van der Waals surface area (Å²) in [4.78, 5) is 0. The standard InChI is InChI=1S/C21H21OSi/c1-2-21(18-12-6-3-7-13-18)22-23(19-14-8-4-9-15-19)20-16-10-5-11-17-20/h3-17,21H,2H2,1H3. The third-order valence-corrected chi connectivity index (χ3v) is 6.11. The molecule has 0 heterocycles. The third-order valence-electron chi connectivity index (χ3n) is 3.87. The van der Waals surface area contributed by atoms with Crippen molar-refractivity contribution in [3.63, 3.8) is 0 Å². The van der Waals surface area contributed by atoms with Gasteiger partial charge < -0.3 is 4.43 Å². The molecule has 1 unspecified atom stereocenters. The minimum atomic E-state index is -1.26. The van der Waals surface area contributed by atoms with Gasteiger partial charge in [0.2, 0.25) is 0 Å². The van der Waals surface area contributed by atoms with Crippen LogP contribution in [0.5, 0.6) is 0 Å². The van der Waals surface area contributed by atoms with E-state index >= 15 is 0 Å². The van der Waals surface area contributed by atoms with Gasteiger partial charge in [-0.1, -0.05) is 97.9 Å². The average molecular weight is 317 g/mol. The van der Waals surface area contributed by atoms with Crippen LogP contribution in [0.25, 0.3) is 0 Å². The van der Waals surface area contributed by atoms with Crippen molar-refractivity contribution in [1.29, 1.82) is 0 Å². The molecule has 0 saturated carbocycles. The molecule has 0 aliphatic heterocycles. The molecule has 0 fully saturated rings. The predicted octanol–water partition coefficient (Wildman–Crippen LogP) is 3.96. The Balaban J connectivity index is 1.93. The van der Waals surface area contributed by atoms with Crippen molar-refractivity contribution >= 4 is 19.4 Å². The molecule has 0 bridgehead atoms. The van der Waals surface area contributed by atoms with Crippen LogP contribution >= 0.6 is 0 Å². The Morgan fingerprint density at radius 2 is 1.13 bits per heavy atom. The van der Waals surface area contributed by atoms with Gasteiger partial charge in [-0.05, 0) is 22.4 Å². The SMILES string of the molecule is CCC(O[Si](c1ccccc1)c1ccccc1)c1ccccc1. The van der Waals surface area contributed by atoms with Crippen LogP contribution in [0.4, 0.5) is 0 Å². The molecule has 1 nitrogen and oxygen atoms in total. The monoisotopic (exact) mass is 317 g/mol. The van der Waals surface area contributed by atoms with Crippen molar-refractivity contribution in [2.75, 3.05) is 0 Å². The summed E-state index contributed by atoms with van der Waals surface area (Å²) in [5.74, 6) is 0. The van der Waals surface area contributed by atoms with Crippen LogP contribution in [0.15, 0.2) is 91.0 Å². The topological polar surface area (TPSA) is 9.23 Å². The van der Waals surface area contributed by atoms with E-state index in [4.69, 9.17) is 4.43 Å². The van der Waals surface area contributed by atoms with E-state index in [-0.39, 0.29) is 6.10 Å². The van der Waals surface area contributed by atoms with Crippen LogP contribution in [0.1, 0.15) is 25.0 Å². The molecule has 3 aromatic rings. The first-order valence-corrected chi connectivity index (χ1v) is 9.48. The van der Waals surface area contributed by atoms with Gasteiger partial charge in [0, 0.05) is 0 Å². The third kappa shape index (κ3) is 3.98. The second-order valence-electron chi connectivity index (χ2n) is 5.49. The number of rotatable bonds is 6. The van der Waals surface area contributed by atoms with Crippen molar-refractivity contribution in [2.24, 2.45) is 0 Å². The van der Waals surface area contributed by atoms with Crippen molar-refractivity contribution in [3.8, 4) is 0 Å². The van der Waals surface area contributed by atoms with E-state index in [2.05, 4.69) is 97.9 Å². The Hall–Kier alpha value is -2.16. The molecule has 0 aliphatic rings. The van der Waals surface area contributed by atoms with Gasteiger partial charge in [-0.2, -0.15) is 0 Å². The molecule has 0 aromatic heterocycles. The maximum atomic E-state index is 6.66. The van der Waals surface area contributed by atoms with Crippen LogP contribution in [0.3, 0.4) is 0 Å². The molecule has 1 atom stereocenters. The van der Waals surface area contributed by atoms with Gasteiger partial charge in [0.05, 0.1) is 6.10 Å². The molecule has 23 heavy (non-hydrogen) atoms. The molecular formula is C21H21OSi. The van der Waals surface area contributed by atoms with Crippen LogP contribution in [0, 0.1) is 0 Å². The van der Waals surface area contributed by atoms with Crippen LogP contribution < -0.4 is 10.4 Å². The van der Waals surface area contributed by atoms with Crippen molar-refractivity contribution in [1.82, 2.24) is 0 Å². The Bertz CT molecular complexity index is 658. The lowest BCUT2D eigenvalue weighted by molar-refractivity contribution is 0.210. The van der Waals surface area contributed by atoms with Gasteiger partial charge >= 0.3 is 0 Å². The smallest absolute Gasteiger partial charge is 0.283 e. The largest absolute Gasteiger partial charge is 0.400 e. The zero-order valence-electron chi connectivity index (χ0n) is 13.4. The lowest BCUT2D eigenvalue weighted by Gasteiger charge is -2.23. The molecule has 3 rings (SSSR count). The molecule has 0 N–H and O–H groups in total. The highest BCUT2D eigenvalue weighted by molar-refractivity contribution is 6.80. The second-order valence-corrected chi connectivity index (χ2v) is 7.54. The predicted molar refractivity (Wildman–Crippen MR) is 98.5 cm³/mol. The van der Waals surface area contributed by atoms with E-state index in [1.165, 1.54) is 15.9 Å². The van der Waals surface area contributed by atoms with Crippen molar-refractivity contribution in [2.45, 2.75) is 19.4 Å². The first-order chi connectivity index (χ1) is 11.4. The fourth-order valence-electron chi connectivity index (χ4n) is 2.68. The summed E-state index contributed by atoms with van der Waals surface area (Å²) in [7, 11) is -1.26. The highest BCUT2D eigenvalue weighted by Crippen LogP contribution is 2.21. The first-order valence-electron chi connectivity index (χ1n) is 8.08. The molecule has 2 heteroatoms. The summed E-state index contributed by atoms with van der Waals surface area (Å²) < 4.78 is 6.66. The first kappa shape index (κ1) is 15.7. The summed E-state index contributed by atoms with van der Waals surface area (Å²) in [6.07, 6.45) is 1.10. The summed E-state index contributed by atoms with van der Waals surface area (Å²) in [6, 6.07) is 31.7. The van der Waals surface area contributed by atoms with Gasteiger partial charge in [-0.25, -0.2) is 0 Å². The van der Waals surface area contributed by atoms with Crippen molar-refractivity contribution < 1.29 is 4.43 Å². The number of hydrogen-bond donors (Lipinski definition) is 0. The highest BCUT2D eigenvalue weighted by Gasteiger charge is 2.23. The number of hydrogen-bond acceptors (Lipinski definition) is 1. The molecule has 0 aliphatic carbocycles. The Morgan fingerprint density at radius 1 is 0.696 bits per heavy atom. The van der Waals surface area contributed by atoms with E-state index in [1.54, 1.807) is 0 Å². The van der Waals surface area contributed by atoms with Gasteiger partial charge in [0.25, 0.3) is 9.04 Å². The second kappa shape index (κ2) is 7.91. The lowest BCUT2D eigenvalue weighted by Crippen LogP contribution is -2.45. The molecule has 0 amide bonds. The molecule has 1 radical (unpaired) electrons. The quantitative estimate of drug-likeness (QED) is 0.625. The van der Waals surface area contributed by atoms with Crippen molar-refractivity contribution in [3.05, 3.63) is 96.6 Å².